The van der Waals surface area contributed by atoms with Gasteiger partial charge in [-0.15, -0.1) is 0 Å². The molecular weight excluding hydrogens is 294 g/mol. The number of hydrogen-bond acceptors (Lipinski definition) is 3. The Morgan fingerprint density at radius 3 is 2.59 bits per heavy atom. The molecule has 0 aliphatic rings. The van der Waals surface area contributed by atoms with E-state index in [-0.39, 0.29) is 0 Å². The van der Waals surface area contributed by atoms with Crippen molar-refractivity contribution in [1.29, 1.82) is 0 Å². The Bertz CT molecular complexity index is 653. The maximum atomic E-state index is 5.80. The average molecular weight is 313 g/mol. The van der Waals surface area contributed by atoms with Gasteiger partial charge in [0, 0.05) is 7.05 Å². The first-order valence-electron chi connectivity index (χ1n) is 6.97. The Hall–Kier alpha value is -2.40. The van der Waals surface area contributed by atoms with Crippen molar-refractivity contribution in [2.24, 2.45) is 5.10 Å². The summed E-state index contributed by atoms with van der Waals surface area (Å²) in [7, 11) is 1.74. The van der Waals surface area contributed by atoms with E-state index < -0.39 is 0 Å². The summed E-state index contributed by atoms with van der Waals surface area (Å²) in [5.41, 5.74) is 6.10. The predicted molar refractivity (Wildman–Crippen MR) is 94.3 cm³/mol. The van der Waals surface area contributed by atoms with E-state index in [2.05, 4.69) is 34.9 Å². The molecule has 0 aliphatic heterocycles. The van der Waals surface area contributed by atoms with Crippen molar-refractivity contribution in [2.75, 3.05) is 7.05 Å². The van der Waals surface area contributed by atoms with Crippen molar-refractivity contribution in [2.45, 2.75) is 13.5 Å². The number of nitrogens with one attached hydrogen (secondary N) is 2. The fraction of sp³-hybridized carbons (Fsp3) is 0.176. The molecule has 0 saturated carbocycles. The van der Waals surface area contributed by atoms with Gasteiger partial charge in [-0.05, 0) is 60.1 Å². The van der Waals surface area contributed by atoms with Crippen LogP contribution in [0.3, 0.4) is 0 Å². The van der Waals surface area contributed by atoms with E-state index in [0.29, 0.717) is 11.7 Å². The molecule has 0 heterocycles. The van der Waals surface area contributed by atoms with Crippen LogP contribution in [-0.2, 0) is 6.61 Å². The molecule has 0 radical (unpaired) electrons. The minimum absolute atomic E-state index is 0.481. The van der Waals surface area contributed by atoms with Gasteiger partial charge in [-0.3, -0.25) is 5.43 Å². The van der Waals surface area contributed by atoms with Gasteiger partial charge in [0.2, 0.25) is 0 Å². The lowest BCUT2D eigenvalue weighted by Gasteiger charge is -2.08. The van der Waals surface area contributed by atoms with Crippen LogP contribution in [0.25, 0.3) is 0 Å². The second-order valence-electron chi connectivity index (χ2n) is 4.73. The van der Waals surface area contributed by atoms with Gasteiger partial charge in [-0.25, -0.2) is 0 Å². The van der Waals surface area contributed by atoms with E-state index in [1.165, 1.54) is 11.1 Å². The SMILES string of the molecule is CNC(=S)N/N=C/c1ccc(OCc2ccccc2C)cc1. The maximum absolute atomic E-state index is 5.80. The van der Waals surface area contributed by atoms with Crippen LogP contribution in [0.1, 0.15) is 16.7 Å². The van der Waals surface area contributed by atoms with Crippen LogP contribution >= 0.6 is 12.2 Å². The number of aryl methyl sites for hydroxylation is 1. The largest absolute Gasteiger partial charge is 0.489 e. The number of nitrogens with zero attached hydrogens (tertiary/aromatic N) is 1. The standard InChI is InChI=1S/C17H19N3OS/c1-13-5-3-4-6-15(13)12-21-16-9-7-14(8-10-16)11-19-20-17(22)18-2/h3-11H,12H2,1-2H3,(H2,18,20,22)/b19-11+. The molecule has 4 nitrogen and oxygen atoms in total. The summed E-state index contributed by atoms with van der Waals surface area (Å²) in [4.78, 5) is 0. The first-order chi connectivity index (χ1) is 10.7. The third-order valence-corrected chi connectivity index (χ3v) is 3.44. The summed E-state index contributed by atoms with van der Waals surface area (Å²) in [6.45, 7) is 2.65. The number of hydrogen-bond donors (Lipinski definition) is 2. The van der Waals surface area contributed by atoms with Crippen LogP contribution in [0, 0.1) is 6.92 Å². The molecular formula is C17H19N3OS. The Morgan fingerprint density at radius 2 is 1.91 bits per heavy atom. The number of rotatable bonds is 5. The minimum atomic E-state index is 0.481. The fourth-order valence-electron chi connectivity index (χ4n) is 1.80. The summed E-state index contributed by atoms with van der Waals surface area (Å²) in [6.07, 6.45) is 1.70. The summed E-state index contributed by atoms with van der Waals surface area (Å²) in [6, 6.07) is 16.0. The van der Waals surface area contributed by atoms with Gasteiger partial charge < -0.3 is 10.1 Å². The number of thiocarbonyl (C=S) groups is 1. The molecule has 5 heteroatoms. The Labute approximate surface area is 136 Å². The van der Waals surface area contributed by atoms with Crippen molar-refractivity contribution >= 4 is 23.5 Å². The molecule has 0 spiro atoms. The molecule has 0 amide bonds. The highest BCUT2D eigenvalue weighted by Crippen LogP contribution is 2.15. The highest BCUT2D eigenvalue weighted by Gasteiger charge is 1.99. The van der Waals surface area contributed by atoms with Gasteiger partial charge in [0.05, 0.1) is 6.21 Å². The molecule has 0 saturated heterocycles. The number of hydrazone groups is 1. The van der Waals surface area contributed by atoms with Gasteiger partial charge in [0.15, 0.2) is 5.11 Å². The second-order valence-corrected chi connectivity index (χ2v) is 5.14. The maximum Gasteiger partial charge on any atom is 0.186 e. The summed E-state index contributed by atoms with van der Waals surface area (Å²) in [5, 5.41) is 7.29. The molecule has 2 aromatic carbocycles. The Kier molecular flexibility index (Phi) is 5.91. The lowest BCUT2D eigenvalue weighted by atomic mass is 10.1. The zero-order valence-electron chi connectivity index (χ0n) is 12.7. The van der Waals surface area contributed by atoms with Crippen molar-refractivity contribution in [3.63, 3.8) is 0 Å². The van der Waals surface area contributed by atoms with Gasteiger partial charge in [0.25, 0.3) is 0 Å². The second kappa shape index (κ2) is 8.14. The summed E-state index contributed by atoms with van der Waals surface area (Å²) >= 11 is 4.93. The van der Waals surface area contributed by atoms with E-state index in [9.17, 15) is 0 Å². The molecule has 2 rings (SSSR count). The van der Waals surface area contributed by atoms with Gasteiger partial charge >= 0.3 is 0 Å². The molecule has 0 aliphatic carbocycles. The van der Waals surface area contributed by atoms with E-state index in [4.69, 9.17) is 17.0 Å². The third-order valence-electron chi connectivity index (χ3n) is 3.14. The van der Waals surface area contributed by atoms with E-state index in [1.807, 2.05) is 36.4 Å². The Morgan fingerprint density at radius 1 is 1.18 bits per heavy atom. The predicted octanol–water partition coefficient (Wildman–Crippen LogP) is 3.00. The quantitative estimate of drug-likeness (QED) is 0.506. The molecule has 0 unspecified atom stereocenters. The highest BCUT2D eigenvalue weighted by atomic mass is 32.1. The van der Waals surface area contributed by atoms with Crippen molar-refractivity contribution in [3.8, 4) is 5.75 Å². The van der Waals surface area contributed by atoms with E-state index in [0.717, 1.165) is 11.3 Å². The molecule has 0 bridgehead atoms. The highest BCUT2D eigenvalue weighted by molar-refractivity contribution is 7.80. The fourth-order valence-corrected chi connectivity index (χ4v) is 1.86. The van der Waals surface area contributed by atoms with Crippen LogP contribution in [0.15, 0.2) is 53.6 Å². The Balaban J connectivity index is 1.89. The van der Waals surface area contributed by atoms with Crippen LogP contribution in [-0.4, -0.2) is 18.4 Å². The van der Waals surface area contributed by atoms with Gasteiger partial charge in [0.1, 0.15) is 12.4 Å². The molecule has 0 aromatic heterocycles. The van der Waals surface area contributed by atoms with Crippen LogP contribution in [0.5, 0.6) is 5.75 Å². The molecule has 2 aromatic rings. The number of ether oxygens (including phenoxy) is 1. The molecule has 22 heavy (non-hydrogen) atoms. The van der Waals surface area contributed by atoms with E-state index in [1.54, 1.807) is 13.3 Å². The first kappa shape index (κ1) is 16.0. The van der Waals surface area contributed by atoms with Gasteiger partial charge in [-0.1, -0.05) is 24.3 Å². The zero-order chi connectivity index (χ0) is 15.8. The zero-order valence-corrected chi connectivity index (χ0v) is 13.5. The van der Waals surface area contributed by atoms with Gasteiger partial charge in [-0.2, -0.15) is 5.10 Å². The normalized spacial score (nSPS) is 10.5. The molecule has 0 atom stereocenters. The topological polar surface area (TPSA) is 45.7 Å². The smallest absolute Gasteiger partial charge is 0.186 e. The molecule has 114 valence electrons. The van der Waals surface area contributed by atoms with Crippen molar-refractivity contribution in [1.82, 2.24) is 10.7 Å². The van der Waals surface area contributed by atoms with E-state index >= 15 is 0 Å². The minimum Gasteiger partial charge on any atom is -0.489 e. The molecule has 0 fully saturated rings. The lowest BCUT2D eigenvalue weighted by molar-refractivity contribution is 0.305. The average Bonchev–Trinajstić information content (AvgIpc) is 2.55. The monoisotopic (exact) mass is 313 g/mol. The lowest BCUT2D eigenvalue weighted by Crippen LogP contribution is -2.28. The molecule has 2 N–H and O–H groups in total. The summed E-state index contributed by atoms with van der Waals surface area (Å²) in [5.74, 6) is 0.833. The van der Waals surface area contributed by atoms with Crippen LogP contribution in [0.2, 0.25) is 0 Å². The van der Waals surface area contributed by atoms with Crippen LogP contribution < -0.4 is 15.5 Å². The number of benzene rings is 2. The third kappa shape index (κ3) is 4.86. The van der Waals surface area contributed by atoms with Crippen LogP contribution in [0.4, 0.5) is 0 Å². The summed E-state index contributed by atoms with van der Waals surface area (Å²) < 4.78 is 5.80. The van der Waals surface area contributed by atoms with Crippen molar-refractivity contribution in [3.05, 3.63) is 65.2 Å². The van der Waals surface area contributed by atoms with Crippen molar-refractivity contribution < 1.29 is 4.74 Å². The first-order valence-corrected chi connectivity index (χ1v) is 7.38.